The number of alkyl halides is 3. The number of hydrogen-bond donors (Lipinski definition) is 0. The smallest absolute Gasteiger partial charge is 0.338 e. The first-order valence-electron chi connectivity index (χ1n) is 9.61. The molecule has 2 aliphatic rings. The van der Waals surface area contributed by atoms with E-state index in [0.717, 1.165) is 41.4 Å². The van der Waals surface area contributed by atoms with Crippen LogP contribution in [0.4, 0.5) is 13.2 Å². The third-order valence-corrected chi connectivity index (χ3v) is 5.89. The molecule has 0 saturated carbocycles. The minimum absolute atomic E-state index is 0.0967. The summed E-state index contributed by atoms with van der Waals surface area (Å²) in [6.45, 7) is 2.28. The van der Waals surface area contributed by atoms with Gasteiger partial charge in [-0.1, -0.05) is 25.1 Å². The van der Waals surface area contributed by atoms with Crippen LogP contribution < -0.4 is 0 Å². The highest BCUT2D eigenvalue weighted by atomic mass is 19.4. The average Bonchev–Trinajstić information content (AvgIpc) is 2.65. The molecule has 0 N–H and O–H groups in total. The molecule has 0 bridgehead atoms. The van der Waals surface area contributed by atoms with Gasteiger partial charge in [0.25, 0.3) is 5.91 Å². The van der Waals surface area contributed by atoms with Crippen LogP contribution in [0.25, 0.3) is 10.9 Å². The summed E-state index contributed by atoms with van der Waals surface area (Å²) in [5, 5.41) is 0.754. The van der Waals surface area contributed by atoms with E-state index in [1.54, 1.807) is 0 Å². The number of carbonyl (C=O) groups is 1. The third kappa shape index (κ3) is 3.42. The van der Waals surface area contributed by atoms with Gasteiger partial charge in [0.15, 0.2) is 0 Å². The Morgan fingerprint density at radius 2 is 2.00 bits per heavy atom. The summed E-state index contributed by atoms with van der Waals surface area (Å²) in [7, 11) is 0. The van der Waals surface area contributed by atoms with E-state index >= 15 is 0 Å². The standard InChI is InChI=1S/C21H23F3N2O/c1-13-8-9-18-16(11-13)19(15-6-2-3-7-17(15)25-18)20(27)26-10-4-5-14(12-26)21(22,23)24/h2-3,6-7,13-14H,4-5,8-12H2,1H3/t13-,14+/m0/s1. The number of likely N-dealkylation sites (tertiary alicyclic amines) is 1. The third-order valence-electron chi connectivity index (χ3n) is 5.89. The number of aromatic nitrogens is 1. The molecule has 6 heteroatoms. The Labute approximate surface area is 156 Å². The summed E-state index contributed by atoms with van der Waals surface area (Å²) >= 11 is 0. The zero-order chi connectivity index (χ0) is 19.2. The van der Waals surface area contributed by atoms with Crippen molar-refractivity contribution < 1.29 is 18.0 Å². The second-order valence-electron chi connectivity index (χ2n) is 7.91. The highest BCUT2D eigenvalue weighted by Crippen LogP contribution is 2.36. The van der Waals surface area contributed by atoms with E-state index in [2.05, 4.69) is 6.92 Å². The fraction of sp³-hybridized carbons (Fsp3) is 0.524. The summed E-state index contributed by atoms with van der Waals surface area (Å²) in [4.78, 5) is 19.5. The van der Waals surface area contributed by atoms with Crippen LogP contribution in [0.2, 0.25) is 0 Å². The minimum Gasteiger partial charge on any atom is -0.338 e. The average molecular weight is 376 g/mol. The molecular weight excluding hydrogens is 353 g/mol. The van der Waals surface area contributed by atoms with Crippen LogP contribution in [0.15, 0.2) is 24.3 Å². The lowest BCUT2D eigenvalue weighted by Crippen LogP contribution is -2.45. The summed E-state index contributed by atoms with van der Waals surface area (Å²) in [5.74, 6) is -1.26. The zero-order valence-electron chi connectivity index (χ0n) is 15.4. The Hall–Kier alpha value is -2.11. The first kappa shape index (κ1) is 18.3. The van der Waals surface area contributed by atoms with E-state index in [1.165, 1.54) is 4.90 Å². The number of carbonyl (C=O) groups excluding carboxylic acids is 1. The number of rotatable bonds is 1. The van der Waals surface area contributed by atoms with Crippen molar-refractivity contribution in [2.75, 3.05) is 13.1 Å². The van der Waals surface area contributed by atoms with E-state index in [1.807, 2.05) is 24.3 Å². The number of hydrogen-bond acceptors (Lipinski definition) is 2. The Kier molecular flexibility index (Phi) is 4.60. The van der Waals surface area contributed by atoms with Crippen molar-refractivity contribution in [3.63, 3.8) is 0 Å². The van der Waals surface area contributed by atoms with Gasteiger partial charge in [0.05, 0.1) is 17.0 Å². The molecule has 1 amide bonds. The molecule has 1 aromatic heterocycles. The normalized spacial score (nSPS) is 23.3. The summed E-state index contributed by atoms with van der Waals surface area (Å²) in [6, 6.07) is 7.47. The molecule has 2 atom stereocenters. The second-order valence-corrected chi connectivity index (χ2v) is 7.91. The number of nitrogens with zero attached hydrogens (tertiary/aromatic N) is 2. The lowest BCUT2D eigenvalue weighted by molar-refractivity contribution is -0.184. The zero-order valence-corrected chi connectivity index (χ0v) is 15.4. The van der Waals surface area contributed by atoms with Crippen LogP contribution >= 0.6 is 0 Å². The van der Waals surface area contributed by atoms with Gasteiger partial charge in [-0.3, -0.25) is 9.78 Å². The number of amides is 1. The van der Waals surface area contributed by atoms with Crippen LogP contribution in [0.1, 0.15) is 47.8 Å². The van der Waals surface area contributed by atoms with Crippen molar-refractivity contribution in [2.45, 2.75) is 45.2 Å². The summed E-state index contributed by atoms with van der Waals surface area (Å²) in [5.41, 5.74) is 3.19. The number of halogens is 3. The van der Waals surface area contributed by atoms with Crippen LogP contribution in [0.3, 0.4) is 0 Å². The van der Waals surface area contributed by atoms with Crippen LogP contribution in [-0.4, -0.2) is 35.1 Å². The maximum Gasteiger partial charge on any atom is 0.393 e. The predicted octanol–water partition coefficient (Wildman–Crippen LogP) is 4.77. The van der Waals surface area contributed by atoms with Crippen molar-refractivity contribution in [2.24, 2.45) is 11.8 Å². The number of fused-ring (bicyclic) bond motifs is 2. The van der Waals surface area contributed by atoms with E-state index in [-0.39, 0.29) is 18.9 Å². The van der Waals surface area contributed by atoms with Crippen molar-refractivity contribution in [1.29, 1.82) is 0 Å². The topological polar surface area (TPSA) is 33.2 Å². The Morgan fingerprint density at radius 3 is 2.78 bits per heavy atom. The van der Waals surface area contributed by atoms with Crippen LogP contribution in [0.5, 0.6) is 0 Å². The Balaban J connectivity index is 1.78. The molecule has 2 aromatic rings. The maximum absolute atomic E-state index is 13.4. The highest BCUT2D eigenvalue weighted by molar-refractivity contribution is 6.07. The van der Waals surface area contributed by atoms with Gasteiger partial charge in [0.2, 0.25) is 0 Å². The number of piperidine rings is 1. The number of aryl methyl sites for hydroxylation is 1. The lowest BCUT2D eigenvalue weighted by Gasteiger charge is -2.35. The fourth-order valence-corrected chi connectivity index (χ4v) is 4.39. The molecule has 2 heterocycles. The van der Waals surface area contributed by atoms with Crippen molar-refractivity contribution >= 4 is 16.8 Å². The quantitative estimate of drug-likeness (QED) is 0.718. The van der Waals surface area contributed by atoms with Crippen molar-refractivity contribution in [3.05, 3.63) is 41.1 Å². The van der Waals surface area contributed by atoms with Gasteiger partial charge in [0.1, 0.15) is 0 Å². The number of para-hydroxylation sites is 1. The van der Waals surface area contributed by atoms with Gasteiger partial charge in [-0.05, 0) is 49.7 Å². The monoisotopic (exact) mass is 376 g/mol. The fourth-order valence-electron chi connectivity index (χ4n) is 4.39. The molecule has 1 aliphatic heterocycles. The first-order chi connectivity index (χ1) is 12.8. The summed E-state index contributed by atoms with van der Waals surface area (Å²) < 4.78 is 39.6. The molecule has 3 nitrogen and oxygen atoms in total. The van der Waals surface area contributed by atoms with Crippen LogP contribution in [0, 0.1) is 11.8 Å². The first-order valence-corrected chi connectivity index (χ1v) is 9.61. The lowest BCUT2D eigenvalue weighted by atomic mass is 9.83. The van der Waals surface area contributed by atoms with E-state index in [9.17, 15) is 18.0 Å². The van der Waals surface area contributed by atoms with Gasteiger partial charge in [-0.25, -0.2) is 0 Å². The predicted molar refractivity (Wildman–Crippen MR) is 97.6 cm³/mol. The summed E-state index contributed by atoms with van der Waals surface area (Å²) in [6.07, 6.45) is -1.19. The van der Waals surface area contributed by atoms with Crippen molar-refractivity contribution in [1.82, 2.24) is 9.88 Å². The second kappa shape index (κ2) is 6.80. The Bertz CT molecular complexity index is 878. The molecule has 1 aromatic carbocycles. The molecule has 1 fully saturated rings. The van der Waals surface area contributed by atoms with Crippen LogP contribution in [-0.2, 0) is 12.8 Å². The van der Waals surface area contributed by atoms with E-state index in [0.29, 0.717) is 24.4 Å². The van der Waals surface area contributed by atoms with Gasteiger partial charge in [0, 0.05) is 24.2 Å². The Morgan fingerprint density at radius 1 is 1.22 bits per heavy atom. The largest absolute Gasteiger partial charge is 0.393 e. The molecule has 1 saturated heterocycles. The SMILES string of the molecule is C[C@H]1CCc2nc3ccccc3c(C(=O)N3CCC[C@@H](C(F)(F)F)C3)c2C1. The highest BCUT2D eigenvalue weighted by Gasteiger charge is 2.43. The molecule has 0 unspecified atom stereocenters. The molecule has 0 spiro atoms. The number of benzene rings is 1. The molecule has 144 valence electrons. The van der Waals surface area contributed by atoms with E-state index < -0.39 is 12.1 Å². The number of pyridine rings is 1. The van der Waals surface area contributed by atoms with Gasteiger partial charge in [-0.15, -0.1) is 0 Å². The van der Waals surface area contributed by atoms with Crippen molar-refractivity contribution in [3.8, 4) is 0 Å². The minimum atomic E-state index is -4.26. The molecule has 1 aliphatic carbocycles. The molecule has 0 radical (unpaired) electrons. The molecule has 27 heavy (non-hydrogen) atoms. The maximum atomic E-state index is 13.4. The van der Waals surface area contributed by atoms with Gasteiger partial charge < -0.3 is 4.90 Å². The van der Waals surface area contributed by atoms with Gasteiger partial charge in [-0.2, -0.15) is 13.2 Å². The van der Waals surface area contributed by atoms with E-state index in [4.69, 9.17) is 4.98 Å². The molecule has 4 rings (SSSR count). The molecular formula is C21H23F3N2O. The van der Waals surface area contributed by atoms with Gasteiger partial charge >= 0.3 is 6.18 Å².